The van der Waals surface area contributed by atoms with E-state index in [9.17, 15) is 14.4 Å². The van der Waals surface area contributed by atoms with E-state index in [-0.39, 0.29) is 29.8 Å². The second-order valence-electron chi connectivity index (χ2n) is 7.67. The summed E-state index contributed by atoms with van der Waals surface area (Å²) >= 11 is 2.74. The minimum absolute atomic E-state index is 0.162. The largest absolute Gasteiger partial charge is 0.488 e. The molecule has 1 atom stereocenters. The van der Waals surface area contributed by atoms with E-state index in [1.165, 1.54) is 29.2 Å². The summed E-state index contributed by atoms with van der Waals surface area (Å²) < 4.78 is 22.3. The van der Waals surface area contributed by atoms with Gasteiger partial charge >= 0.3 is 11.9 Å². The van der Waals surface area contributed by atoms with Crippen LogP contribution < -0.4 is 14.8 Å². The summed E-state index contributed by atoms with van der Waals surface area (Å²) in [4.78, 5) is 41.3. The van der Waals surface area contributed by atoms with E-state index in [2.05, 4.69) is 10.3 Å². The van der Waals surface area contributed by atoms with Crippen molar-refractivity contribution in [2.75, 3.05) is 31.4 Å². The predicted octanol–water partition coefficient (Wildman–Crippen LogP) is 5.07. The molecule has 9 nitrogen and oxygen atoms in total. The lowest BCUT2D eigenvalue weighted by Gasteiger charge is -2.16. The highest BCUT2D eigenvalue weighted by Crippen LogP contribution is 2.30. The molecule has 0 spiro atoms. The van der Waals surface area contributed by atoms with E-state index in [0.717, 1.165) is 4.21 Å². The lowest BCUT2D eigenvalue weighted by molar-refractivity contribution is -0.142. The molecule has 37 heavy (non-hydrogen) atoms. The van der Waals surface area contributed by atoms with Gasteiger partial charge in [-0.3, -0.25) is 14.9 Å². The van der Waals surface area contributed by atoms with Gasteiger partial charge in [-0.15, -0.1) is 11.8 Å². The molecule has 0 aliphatic heterocycles. The van der Waals surface area contributed by atoms with Crippen LogP contribution in [0.25, 0.3) is 0 Å². The van der Waals surface area contributed by atoms with Crippen LogP contribution >= 0.6 is 23.1 Å². The van der Waals surface area contributed by atoms with Crippen molar-refractivity contribution < 1.29 is 33.3 Å². The molecule has 0 aliphatic rings. The molecule has 3 aromatic rings. The second kappa shape index (κ2) is 14.4. The Morgan fingerprint density at radius 2 is 1.84 bits per heavy atom. The van der Waals surface area contributed by atoms with E-state index in [0.29, 0.717) is 35.4 Å². The lowest BCUT2D eigenvalue weighted by atomic mass is 10.2. The number of thiazole rings is 1. The number of rotatable bonds is 13. The Labute approximate surface area is 223 Å². The number of carbonyl (C=O) groups is 3. The number of carbonyl (C=O) groups excluding carboxylic acids is 3. The quantitative estimate of drug-likeness (QED) is 0.179. The number of nitrogens with one attached hydrogen (secondary N) is 1. The van der Waals surface area contributed by atoms with Crippen molar-refractivity contribution in [2.24, 2.45) is 0 Å². The Kier molecular flexibility index (Phi) is 10.9. The minimum atomic E-state index is -0.557. The third kappa shape index (κ3) is 9.19. The van der Waals surface area contributed by atoms with Crippen LogP contribution in [0.1, 0.15) is 41.0 Å². The van der Waals surface area contributed by atoms with Crippen LogP contribution in [0.15, 0.2) is 58.9 Å². The van der Waals surface area contributed by atoms with Crippen LogP contribution in [0.3, 0.4) is 0 Å². The summed E-state index contributed by atoms with van der Waals surface area (Å²) in [6.07, 6.45) is 1.63. The van der Waals surface area contributed by atoms with Gasteiger partial charge in [-0.1, -0.05) is 29.5 Å². The number of anilines is 1. The zero-order valence-electron chi connectivity index (χ0n) is 20.7. The van der Waals surface area contributed by atoms with E-state index < -0.39 is 11.9 Å². The maximum absolute atomic E-state index is 13.0. The van der Waals surface area contributed by atoms with E-state index in [1.54, 1.807) is 62.7 Å². The fourth-order valence-electron chi connectivity index (χ4n) is 3.09. The summed E-state index contributed by atoms with van der Waals surface area (Å²) in [5.41, 5.74) is 0.605. The number of methoxy groups -OCH3 is 1. The maximum Gasteiger partial charge on any atom is 0.343 e. The summed E-state index contributed by atoms with van der Waals surface area (Å²) in [7, 11) is 1.56. The van der Waals surface area contributed by atoms with Crippen LogP contribution in [0.2, 0.25) is 0 Å². The predicted molar refractivity (Wildman–Crippen MR) is 142 cm³/mol. The van der Waals surface area contributed by atoms with Gasteiger partial charge in [0.05, 0.1) is 35.6 Å². The molecule has 0 radical (unpaired) electrons. The topological polar surface area (TPSA) is 113 Å². The Balaban J connectivity index is 1.71. The zero-order valence-corrected chi connectivity index (χ0v) is 22.4. The van der Waals surface area contributed by atoms with Gasteiger partial charge in [0.1, 0.15) is 17.6 Å². The SMILES string of the molecule is CCOC(=O)CCSc1cnc(NC(=O)c2cc(OC(=O)c3ccccc3)cc(O[C@@H](C)COC)c2)s1. The first kappa shape index (κ1) is 28.2. The number of hydrogen-bond donors (Lipinski definition) is 1. The van der Waals surface area contributed by atoms with Gasteiger partial charge < -0.3 is 18.9 Å². The van der Waals surface area contributed by atoms with Crippen molar-refractivity contribution in [3.63, 3.8) is 0 Å². The molecule has 2 aromatic carbocycles. The van der Waals surface area contributed by atoms with Gasteiger partial charge in [0.15, 0.2) is 5.13 Å². The van der Waals surface area contributed by atoms with Gasteiger partial charge in [-0.25, -0.2) is 9.78 Å². The summed E-state index contributed by atoms with van der Waals surface area (Å²) in [5, 5.41) is 3.15. The van der Waals surface area contributed by atoms with Crippen LogP contribution in [-0.4, -0.2) is 55.0 Å². The zero-order chi connectivity index (χ0) is 26.6. The van der Waals surface area contributed by atoms with Crippen molar-refractivity contribution in [1.29, 1.82) is 0 Å². The van der Waals surface area contributed by atoms with Crippen LogP contribution in [0, 0.1) is 0 Å². The third-order valence-electron chi connectivity index (χ3n) is 4.66. The van der Waals surface area contributed by atoms with Gasteiger partial charge in [0.2, 0.25) is 0 Å². The van der Waals surface area contributed by atoms with Crippen LogP contribution in [-0.2, 0) is 14.3 Å². The van der Waals surface area contributed by atoms with E-state index in [1.807, 2.05) is 6.92 Å². The highest BCUT2D eigenvalue weighted by atomic mass is 32.2. The normalized spacial score (nSPS) is 11.4. The Hall–Kier alpha value is -3.41. The average Bonchev–Trinajstić information content (AvgIpc) is 3.31. The Bertz CT molecular complexity index is 1200. The van der Waals surface area contributed by atoms with E-state index in [4.69, 9.17) is 18.9 Å². The molecule has 0 saturated carbocycles. The molecule has 0 aliphatic carbocycles. The monoisotopic (exact) mass is 544 g/mol. The van der Waals surface area contributed by atoms with Crippen molar-refractivity contribution in [3.05, 3.63) is 65.9 Å². The molecule has 3 rings (SSSR count). The number of benzene rings is 2. The highest BCUT2D eigenvalue weighted by molar-refractivity contribution is 8.01. The minimum Gasteiger partial charge on any atom is -0.488 e. The van der Waals surface area contributed by atoms with Crippen LogP contribution in [0.4, 0.5) is 5.13 Å². The number of nitrogens with zero attached hydrogens (tertiary/aromatic N) is 1. The molecule has 1 aromatic heterocycles. The van der Waals surface area contributed by atoms with E-state index >= 15 is 0 Å². The number of aromatic nitrogens is 1. The molecule has 1 heterocycles. The molecular formula is C26H28N2O7S2. The van der Waals surface area contributed by atoms with Crippen LogP contribution in [0.5, 0.6) is 11.5 Å². The molecule has 0 fully saturated rings. The van der Waals surface area contributed by atoms with Gasteiger partial charge in [0.25, 0.3) is 5.91 Å². The number of amides is 1. The van der Waals surface area contributed by atoms with Crippen molar-refractivity contribution in [3.8, 4) is 11.5 Å². The number of ether oxygens (including phenoxy) is 4. The molecule has 196 valence electrons. The molecule has 0 unspecified atom stereocenters. The number of esters is 2. The van der Waals surface area contributed by atoms with Gasteiger partial charge in [0, 0.05) is 24.5 Å². The molecular weight excluding hydrogens is 516 g/mol. The second-order valence-corrected chi connectivity index (χ2v) is 10.1. The first-order valence-corrected chi connectivity index (χ1v) is 13.3. The fourth-order valence-corrected chi connectivity index (χ4v) is 4.96. The Morgan fingerprint density at radius 3 is 2.57 bits per heavy atom. The molecule has 1 amide bonds. The lowest BCUT2D eigenvalue weighted by Crippen LogP contribution is -2.19. The van der Waals surface area contributed by atoms with Crippen molar-refractivity contribution >= 4 is 46.1 Å². The standard InChI is InChI=1S/C26H28N2O7S2/c1-4-33-22(29)10-11-36-23-15-27-26(37-23)28-24(30)19-12-20(34-17(2)16-32-3)14-21(13-19)35-25(31)18-8-6-5-7-9-18/h5-9,12-15,17H,4,10-11,16H2,1-3H3,(H,27,28,30)/t17-/m0/s1. The highest BCUT2D eigenvalue weighted by Gasteiger charge is 2.17. The first-order valence-electron chi connectivity index (χ1n) is 11.5. The summed E-state index contributed by atoms with van der Waals surface area (Å²) in [6.45, 7) is 4.28. The van der Waals surface area contributed by atoms with Gasteiger partial charge in [-0.2, -0.15) is 0 Å². The molecule has 0 bridgehead atoms. The first-order chi connectivity index (χ1) is 17.9. The maximum atomic E-state index is 13.0. The van der Waals surface area contributed by atoms with Crippen molar-refractivity contribution in [1.82, 2.24) is 4.98 Å². The molecule has 11 heteroatoms. The molecule has 1 N–H and O–H groups in total. The summed E-state index contributed by atoms with van der Waals surface area (Å²) in [6, 6.07) is 13.1. The number of thioether (sulfide) groups is 1. The Morgan fingerprint density at radius 1 is 1.08 bits per heavy atom. The third-order valence-corrected chi connectivity index (χ3v) is 6.77. The average molecular weight is 545 g/mol. The van der Waals surface area contributed by atoms with Gasteiger partial charge in [-0.05, 0) is 38.1 Å². The molecule has 0 saturated heterocycles. The van der Waals surface area contributed by atoms with Crippen molar-refractivity contribution in [2.45, 2.75) is 30.6 Å². The number of hydrogen-bond acceptors (Lipinski definition) is 10. The fraction of sp³-hybridized carbons (Fsp3) is 0.308. The summed E-state index contributed by atoms with van der Waals surface area (Å²) in [5.74, 6) is -0.196. The smallest absolute Gasteiger partial charge is 0.343 e.